The van der Waals surface area contributed by atoms with E-state index in [2.05, 4.69) is 31.4 Å². The van der Waals surface area contributed by atoms with E-state index in [4.69, 9.17) is 0 Å². The van der Waals surface area contributed by atoms with Crippen LogP contribution in [0.4, 0.5) is 14.9 Å². The van der Waals surface area contributed by atoms with Gasteiger partial charge in [0, 0.05) is 18.3 Å². The molecule has 0 spiro atoms. The zero-order valence-electron chi connectivity index (χ0n) is 15.9. The quantitative estimate of drug-likeness (QED) is 0.861. The Morgan fingerprint density at radius 3 is 2.69 bits per heavy atom. The van der Waals surface area contributed by atoms with Crippen molar-refractivity contribution in [2.75, 3.05) is 11.9 Å². The lowest BCUT2D eigenvalue weighted by molar-refractivity contribution is -0.133. The van der Waals surface area contributed by atoms with Gasteiger partial charge >= 0.3 is 6.03 Å². The Bertz CT molecular complexity index is 721. The second kappa shape index (κ2) is 6.56. The van der Waals surface area contributed by atoms with Gasteiger partial charge in [0.15, 0.2) is 0 Å². The molecule has 0 radical (unpaired) electrons. The Hall–Kier alpha value is -2.11. The predicted molar refractivity (Wildman–Crippen MR) is 99.3 cm³/mol. The number of fused-ring (bicyclic) bond motifs is 2. The maximum atomic E-state index is 13.2. The summed E-state index contributed by atoms with van der Waals surface area (Å²) in [4.78, 5) is 27.0. The molecule has 1 aliphatic heterocycles. The normalized spacial score (nSPS) is 27.7. The number of urea groups is 1. The van der Waals surface area contributed by atoms with E-state index < -0.39 is 17.9 Å². The Balaban J connectivity index is 1.60. The van der Waals surface area contributed by atoms with Crippen molar-refractivity contribution in [1.29, 1.82) is 0 Å². The lowest BCUT2D eigenvalue weighted by Crippen LogP contribution is -2.49. The van der Waals surface area contributed by atoms with Gasteiger partial charge in [0.05, 0.1) is 0 Å². The zero-order valence-corrected chi connectivity index (χ0v) is 15.9. The lowest BCUT2D eigenvalue weighted by Gasteiger charge is -2.39. The molecule has 142 valence electrons. The van der Waals surface area contributed by atoms with E-state index >= 15 is 0 Å². The second-order valence-corrected chi connectivity index (χ2v) is 9.01. The fourth-order valence-electron chi connectivity index (χ4n) is 4.96. The fourth-order valence-corrected chi connectivity index (χ4v) is 4.96. The van der Waals surface area contributed by atoms with Crippen molar-refractivity contribution in [1.82, 2.24) is 10.2 Å². The van der Waals surface area contributed by atoms with Gasteiger partial charge in [0.25, 0.3) is 0 Å². The van der Waals surface area contributed by atoms with Crippen molar-refractivity contribution >= 4 is 17.6 Å². The number of nitrogens with one attached hydrogen (secondary N) is 2. The highest BCUT2D eigenvalue weighted by molar-refractivity contribution is 5.93. The van der Waals surface area contributed by atoms with Gasteiger partial charge in [-0.15, -0.1) is 0 Å². The van der Waals surface area contributed by atoms with E-state index in [1.54, 1.807) is 13.0 Å². The van der Waals surface area contributed by atoms with Crippen molar-refractivity contribution < 1.29 is 14.0 Å². The summed E-state index contributed by atoms with van der Waals surface area (Å²) in [5, 5.41) is 5.24. The van der Waals surface area contributed by atoms with Crippen LogP contribution >= 0.6 is 0 Å². The molecule has 3 unspecified atom stereocenters. The summed E-state index contributed by atoms with van der Waals surface area (Å²) in [6.45, 7) is 9.22. The lowest BCUT2D eigenvalue weighted by atomic mass is 9.65. The molecule has 1 aliphatic carbocycles. The van der Waals surface area contributed by atoms with Crippen LogP contribution in [0.5, 0.6) is 0 Å². The van der Waals surface area contributed by atoms with Crippen LogP contribution < -0.4 is 10.6 Å². The Labute approximate surface area is 154 Å². The first-order valence-electron chi connectivity index (χ1n) is 9.21. The van der Waals surface area contributed by atoms with Gasteiger partial charge in [-0.25, -0.2) is 9.18 Å². The van der Waals surface area contributed by atoms with Crippen molar-refractivity contribution in [3.63, 3.8) is 0 Å². The zero-order chi connectivity index (χ0) is 19.1. The first-order valence-corrected chi connectivity index (χ1v) is 9.21. The number of hydrogen-bond donors (Lipinski definition) is 2. The number of benzene rings is 1. The molecule has 5 nitrogen and oxygen atoms in total. The molecule has 1 saturated carbocycles. The molecule has 26 heavy (non-hydrogen) atoms. The molecule has 2 bridgehead atoms. The van der Waals surface area contributed by atoms with Gasteiger partial charge in [-0.3, -0.25) is 4.79 Å². The minimum atomic E-state index is -0.630. The number of halogens is 1. The highest BCUT2D eigenvalue weighted by atomic mass is 19.1. The monoisotopic (exact) mass is 361 g/mol. The highest BCUT2D eigenvalue weighted by Gasteiger charge is 2.51. The summed E-state index contributed by atoms with van der Waals surface area (Å²) in [7, 11) is 0. The molecule has 6 heteroatoms. The molecule has 3 atom stereocenters. The minimum Gasteiger partial charge on any atom is -0.337 e. The third-order valence-electron chi connectivity index (χ3n) is 5.50. The number of carbonyl (C=O) groups is 2. The third kappa shape index (κ3) is 4.00. The van der Waals surface area contributed by atoms with Crippen LogP contribution in [0.3, 0.4) is 0 Å². The molecule has 1 aromatic rings. The summed E-state index contributed by atoms with van der Waals surface area (Å²) < 4.78 is 13.2. The summed E-state index contributed by atoms with van der Waals surface area (Å²) in [6.07, 6.45) is 3.14. The Kier molecular flexibility index (Phi) is 4.71. The number of anilines is 1. The second-order valence-electron chi connectivity index (χ2n) is 9.01. The van der Waals surface area contributed by atoms with Crippen molar-refractivity contribution in [3.05, 3.63) is 30.1 Å². The summed E-state index contributed by atoms with van der Waals surface area (Å²) in [5.41, 5.74) is 0.748. The average Bonchev–Trinajstić information content (AvgIpc) is 2.75. The van der Waals surface area contributed by atoms with Crippen molar-refractivity contribution in [2.45, 2.75) is 59.0 Å². The van der Waals surface area contributed by atoms with Gasteiger partial charge in [-0.05, 0) is 55.2 Å². The molecular weight excluding hydrogens is 333 g/mol. The van der Waals surface area contributed by atoms with E-state index in [1.165, 1.54) is 18.2 Å². The summed E-state index contributed by atoms with van der Waals surface area (Å²) in [5.74, 6) is -0.474. The van der Waals surface area contributed by atoms with Gasteiger partial charge in [0.2, 0.25) is 5.91 Å². The maximum Gasteiger partial charge on any atom is 0.319 e. The highest BCUT2D eigenvalue weighted by Crippen LogP contribution is 2.52. The van der Waals surface area contributed by atoms with E-state index in [1.807, 2.05) is 4.90 Å². The Morgan fingerprint density at radius 2 is 2.00 bits per heavy atom. The van der Waals surface area contributed by atoms with Gasteiger partial charge in [-0.1, -0.05) is 26.8 Å². The molecule has 1 heterocycles. The predicted octanol–water partition coefficient (Wildman–Crippen LogP) is 3.76. The number of amides is 3. The minimum absolute atomic E-state index is 0.0502. The number of rotatable bonds is 3. The van der Waals surface area contributed by atoms with Crippen LogP contribution in [-0.4, -0.2) is 35.5 Å². The largest absolute Gasteiger partial charge is 0.337 e. The number of carbonyl (C=O) groups excluding carboxylic acids is 2. The first kappa shape index (κ1) is 18.7. The molecule has 2 aliphatic rings. The van der Waals surface area contributed by atoms with Crippen molar-refractivity contribution in [2.24, 2.45) is 10.8 Å². The molecule has 3 amide bonds. The van der Waals surface area contributed by atoms with E-state index in [0.717, 1.165) is 25.8 Å². The van der Waals surface area contributed by atoms with Crippen LogP contribution in [-0.2, 0) is 4.79 Å². The van der Waals surface area contributed by atoms with Crippen LogP contribution in [0.1, 0.15) is 47.0 Å². The first-order chi connectivity index (χ1) is 12.1. The van der Waals surface area contributed by atoms with Gasteiger partial charge in [-0.2, -0.15) is 0 Å². The summed E-state index contributed by atoms with van der Waals surface area (Å²) in [6, 6.07) is 4.77. The third-order valence-corrected chi connectivity index (χ3v) is 5.50. The van der Waals surface area contributed by atoms with Crippen LogP contribution in [0, 0.1) is 16.6 Å². The maximum absolute atomic E-state index is 13.2. The van der Waals surface area contributed by atoms with Gasteiger partial charge < -0.3 is 15.5 Å². The summed E-state index contributed by atoms with van der Waals surface area (Å²) >= 11 is 0. The average molecular weight is 361 g/mol. The van der Waals surface area contributed by atoms with E-state index in [9.17, 15) is 14.0 Å². The molecule has 1 saturated heterocycles. The van der Waals surface area contributed by atoms with Crippen LogP contribution in [0.15, 0.2) is 24.3 Å². The number of hydrogen-bond acceptors (Lipinski definition) is 2. The van der Waals surface area contributed by atoms with Crippen LogP contribution in [0.2, 0.25) is 0 Å². The number of nitrogens with zero attached hydrogens (tertiary/aromatic N) is 1. The van der Waals surface area contributed by atoms with Crippen molar-refractivity contribution in [3.8, 4) is 0 Å². The molecular formula is C20H28FN3O2. The molecule has 1 aromatic carbocycles. The molecule has 3 rings (SSSR count). The topological polar surface area (TPSA) is 61.4 Å². The van der Waals surface area contributed by atoms with E-state index in [0.29, 0.717) is 5.69 Å². The standard InChI is InChI=1S/C20H28FN3O2/c1-13(22-18(26)23-15-7-5-6-14(21)8-15)17(25)24-12-20(4)10-16(24)9-19(2,3)11-20/h5-8,13,16H,9-12H2,1-4H3,(H2,22,23,26). The molecule has 0 aromatic heterocycles. The number of likely N-dealkylation sites (tertiary alicyclic amines) is 1. The van der Waals surface area contributed by atoms with E-state index in [-0.39, 0.29) is 22.8 Å². The smallest absolute Gasteiger partial charge is 0.319 e. The fraction of sp³-hybridized carbons (Fsp3) is 0.600. The van der Waals surface area contributed by atoms with Crippen LogP contribution in [0.25, 0.3) is 0 Å². The Morgan fingerprint density at radius 1 is 1.27 bits per heavy atom. The molecule has 2 N–H and O–H groups in total. The SMILES string of the molecule is CC(NC(=O)Nc1cccc(F)c1)C(=O)N1CC2(C)CC1CC(C)(C)C2. The van der Waals surface area contributed by atoms with Gasteiger partial charge in [0.1, 0.15) is 11.9 Å². The molecule has 2 fully saturated rings.